The zero-order chi connectivity index (χ0) is 22.8. The number of hydrogen-bond acceptors (Lipinski definition) is 6. The molecule has 7 heteroatoms. The van der Waals surface area contributed by atoms with Crippen molar-refractivity contribution >= 4 is 29.3 Å². The Bertz CT molecular complexity index is 1060. The Labute approximate surface area is 186 Å². The van der Waals surface area contributed by atoms with E-state index in [-0.39, 0.29) is 35.0 Å². The first-order valence-electron chi connectivity index (χ1n) is 10.7. The molecule has 0 N–H and O–H groups in total. The van der Waals surface area contributed by atoms with Crippen molar-refractivity contribution in [3.8, 4) is 5.75 Å². The summed E-state index contributed by atoms with van der Waals surface area (Å²) in [4.78, 5) is 51.5. The fraction of sp³-hybridized carbons (Fsp3) is 0.360. The van der Waals surface area contributed by atoms with Crippen LogP contribution in [0.5, 0.6) is 5.75 Å². The minimum Gasteiger partial charge on any atom is -0.497 e. The number of hydrogen-bond donors (Lipinski definition) is 0. The average Bonchev–Trinajstić information content (AvgIpc) is 3.06. The molecule has 2 amide bonds. The Kier molecular flexibility index (Phi) is 6.08. The van der Waals surface area contributed by atoms with Crippen LogP contribution in [-0.2, 0) is 14.3 Å². The summed E-state index contributed by atoms with van der Waals surface area (Å²) in [6.07, 6.45) is 2.42. The SMILES string of the molecule is COc1cccc(C(=O)COC(=O)c2ccc(N3C(=O)[C@H]4C[C@@H](C)CC[C@H]4C3=O)cc2)c1. The molecule has 2 fully saturated rings. The second-order valence-electron chi connectivity index (χ2n) is 8.42. The van der Waals surface area contributed by atoms with Gasteiger partial charge in [0.25, 0.3) is 0 Å². The molecule has 1 aliphatic heterocycles. The van der Waals surface area contributed by atoms with E-state index in [0.717, 1.165) is 19.3 Å². The molecule has 2 aliphatic rings. The number of imide groups is 1. The van der Waals surface area contributed by atoms with E-state index in [9.17, 15) is 19.2 Å². The summed E-state index contributed by atoms with van der Waals surface area (Å²) in [5.74, 6) is -0.850. The van der Waals surface area contributed by atoms with Crippen molar-refractivity contribution in [2.75, 3.05) is 18.6 Å². The van der Waals surface area contributed by atoms with Crippen LogP contribution in [-0.4, -0.2) is 37.3 Å². The minimum absolute atomic E-state index is 0.161. The number of rotatable bonds is 6. The smallest absolute Gasteiger partial charge is 0.338 e. The molecule has 1 saturated heterocycles. The van der Waals surface area contributed by atoms with Gasteiger partial charge in [-0.15, -0.1) is 0 Å². The number of fused-ring (bicyclic) bond motifs is 1. The molecule has 1 heterocycles. The minimum atomic E-state index is -0.658. The van der Waals surface area contributed by atoms with Gasteiger partial charge in [0.2, 0.25) is 11.8 Å². The number of carbonyl (C=O) groups is 4. The van der Waals surface area contributed by atoms with E-state index < -0.39 is 12.6 Å². The van der Waals surface area contributed by atoms with Gasteiger partial charge in [-0.05, 0) is 61.6 Å². The second kappa shape index (κ2) is 8.94. The number of nitrogens with zero attached hydrogens (tertiary/aromatic N) is 1. The lowest BCUT2D eigenvalue weighted by Crippen LogP contribution is -2.30. The number of carbonyl (C=O) groups excluding carboxylic acids is 4. The van der Waals surface area contributed by atoms with Crippen molar-refractivity contribution in [3.05, 3.63) is 59.7 Å². The first-order valence-corrected chi connectivity index (χ1v) is 10.7. The molecular formula is C25H25NO6. The molecule has 0 spiro atoms. The van der Waals surface area contributed by atoms with Gasteiger partial charge in [0.15, 0.2) is 12.4 Å². The van der Waals surface area contributed by atoms with Crippen LogP contribution in [0.4, 0.5) is 5.69 Å². The van der Waals surface area contributed by atoms with Crippen molar-refractivity contribution in [2.45, 2.75) is 26.2 Å². The Morgan fingerprint density at radius 3 is 2.41 bits per heavy atom. The Morgan fingerprint density at radius 2 is 1.69 bits per heavy atom. The zero-order valence-corrected chi connectivity index (χ0v) is 18.1. The van der Waals surface area contributed by atoms with Gasteiger partial charge in [0, 0.05) is 5.56 Å². The number of ether oxygens (including phenoxy) is 2. The quantitative estimate of drug-likeness (QED) is 0.391. The van der Waals surface area contributed by atoms with Crippen LogP contribution in [0.3, 0.4) is 0 Å². The van der Waals surface area contributed by atoms with E-state index in [4.69, 9.17) is 9.47 Å². The fourth-order valence-corrected chi connectivity index (χ4v) is 4.48. The summed E-state index contributed by atoms with van der Waals surface area (Å²) in [6.45, 7) is 1.70. The molecule has 2 aromatic carbocycles. The highest BCUT2D eigenvalue weighted by molar-refractivity contribution is 6.22. The lowest BCUT2D eigenvalue weighted by molar-refractivity contribution is -0.122. The molecular weight excluding hydrogens is 410 g/mol. The third-order valence-electron chi connectivity index (χ3n) is 6.27. The van der Waals surface area contributed by atoms with Gasteiger partial charge in [0.1, 0.15) is 5.75 Å². The maximum atomic E-state index is 12.8. The Hall–Kier alpha value is -3.48. The average molecular weight is 435 g/mol. The molecule has 1 aliphatic carbocycles. The van der Waals surface area contributed by atoms with Crippen molar-refractivity contribution in [1.29, 1.82) is 0 Å². The number of ketones is 1. The van der Waals surface area contributed by atoms with Gasteiger partial charge in [-0.3, -0.25) is 19.3 Å². The van der Waals surface area contributed by atoms with Crippen LogP contribution in [0.2, 0.25) is 0 Å². The topological polar surface area (TPSA) is 90.0 Å². The highest BCUT2D eigenvalue weighted by atomic mass is 16.5. The van der Waals surface area contributed by atoms with Crippen molar-refractivity contribution in [1.82, 2.24) is 0 Å². The normalized spacial score (nSPS) is 22.4. The number of amides is 2. The van der Waals surface area contributed by atoms with Gasteiger partial charge >= 0.3 is 5.97 Å². The monoisotopic (exact) mass is 435 g/mol. The summed E-state index contributed by atoms with van der Waals surface area (Å²) < 4.78 is 10.2. The molecule has 0 aromatic heterocycles. The first-order chi connectivity index (χ1) is 15.4. The van der Waals surface area contributed by atoms with Crippen molar-refractivity contribution in [2.24, 2.45) is 17.8 Å². The predicted molar refractivity (Wildman–Crippen MR) is 117 cm³/mol. The van der Waals surface area contributed by atoms with Crippen LogP contribution in [0, 0.1) is 17.8 Å². The highest BCUT2D eigenvalue weighted by Crippen LogP contribution is 2.42. The van der Waals surface area contributed by atoms with E-state index in [2.05, 4.69) is 6.92 Å². The summed E-state index contributed by atoms with van der Waals surface area (Å²) in [6, 6.07) is 12.7. The lowest BCUT2D eigenvalue weighted by Gasteiger charge is -2.25. The summed E-state index contributed by atoms with van der Waals surface area (Å²) in [5.41, 5.74) is 1.07. The molecule has 4 rings (SSSR count). The molecule has 0 bridgehead atoms. The number of esters is 1. The molecule has 0 radical (unpaired) electrons. The molecule has 1 saturated carbocycles. The van der Waals surface area contributed by atoms with Gasteiger partial charge < -0.3 is 9.47 Å². The maximum absolute atomic E-state index is 12.8. The maximum Gasteiger partial charge on any atom is 0.338 e. The van der Waals surface area contributed by atoms with E-state index in [1.54, 1.807) is 36.4 Å². The van der Waals surface area contributed by atoms with Crippen LogP contribution in [0.1, 0.15) is 46.9 Å². The highest BCUT2D eigenvalue weighted by Gasteiger charge is 2.49. The Morgan fingerprint density at radius 1 is 0.969 bits per heavy atom. The molecule has 0 unspecified atom stereocenters. The fourth-order valence-electron chi connectivity index (χ4n) is 4.48. The third kappa shape index (κ3) is 4.15. The van der Waals surface area contributed by atoms with Gasteiger partial charge in [0.05, 0.1) is 30.2 Å². The van der Waals surface area contributed by atoms with Crippen LogP contribution in [0.15, 0.2) is 48.5 Å². The van der Waals surface area contributed by atoms with E-state index in [1.165, 1.54) is 24.1 Å². The molecule has 32 heavy (non-hydrogen) atoms. The predicted octanol–water partition coefficient (Wildman–Crippen LogP) is 3.66. The summed E-state index contributed by atoms with van der Waals surface area (Å²) in [5, 5.41) is 0. The van der Waals surface area contributed by atoms with Crippen LogP contribution < -0.4 is 9.64 Å². The number of anilines is 1. The second-order valence-corrected chi connectivity index (χ2v) is 8.42. The largest absolute Gasteiger partial charge is 0.497 e. The van der Waals surface area contributed by atoms with Crippen molar-refractivity contribution < 1.29 is 28.7 Å². The molecule has 7 nitrogen and oxygen atoms in total. The van der Waals surface area contributed by atoms with E-state index in [1.807, 2.05) is 0 Å². The molecule has 3 atom stereocenters. The Balaban J connectivity index is 1.40. The van der Waals surface area contributed by atoms with Crippen LogP contribution >= 0.6 is 0 Å². The van der Waals surface area contributed by atoms with Gasteiger partial charge in [-0.1, -0.05) is 19.1 Å². The number of benzene rings is 2. The number of methoxy groups -OCH3 is 1. The zero-order valence-electron chi connectivity index (χ0n) is 18.1. The summed E-state index contributed by atoms with van der Waals surface area (Å²) in [7, 11) is 1.50. The van der Waals surface area contributed by atoms with Crippen molar-refractivity contribution in [3.63, 3.8) is 0 Å². The van der Waals surface area contributed by atoms with E-state index >= 15 is 0 Å². The van der Waals surface area contributed by atoms with Gasteiger partial charge in [-0.25, -0.2) is 4.79 Å². The third-order valence-corrected chi connectivity index (χ3v) is 6.27. The first kappa shape index (κ1) is 21.7. The van der Waals surface area contributed by atoms with Crippen LogP contribution in [0.25, 0.3) is 0 Å². The van der Waals surface area contributed by atoms with Gasteiger partial charge in [-0.2, -0.15) is 0 Å². The standard InChI is InChI=1S/C25H25NO6/c1-15-6-11-20-21(12-15)24(29)26(23(20)28)18-9-7-16(8-10-18)25(30)32-14-22(27)17-4-3-5-19(13-17)31-2/h3-5,7-10,13,15,20-21H,6,11-12,14H2,1-2H3/t15-,20+,21-/m0/s1. The van der Waals surface area contributed by atoms with E-state index in [0.29, 0.717) is 22.9 Å². The molecule has 166 valence electrons. The molecule has 2 aromatic rings. The summed E-state index contributed by atoms with van der Waals surface area (Å²) >= 11 is 0. The number of Topliss-reactive ketones (excluding diaryl/α,β-unsaturated/α-hetero) is 1. The lowest BCUT2D eigenvalue weighted by atomic mass is 9.76.